The van der Waals surface area contributed by atoms with Crippen LogP contribution in [-0.4, -0.2) is 13.1 Å². The van der Waals surface area contributed by atoms with Crippen LogP contribution in [-0.2, 0) is 6.42 Å². The van der Waals surface area contributed by atoms with Gasteiger partial charge in [0.2, 0.25) is 0 Å². The van der Waals surface area contributed by atoms with Crippen molar-refractivity contribution in [2.24, 2.45) is 5.41 Å². The Balaban J connectivity index is 2.01. The van der Waals surface area contributed by atoms with Crippen LogP contribution in [0.15, 0.2) is 24.3 Å². The highest BCUT2D eigenvalue weighted by Gasteiger charge is 2.31. The lowest BCUT2D eigenvalue weighted by Crippen LogP contribution is -2.38. The van der Waals surface area contributed by atoms with Gasteiger partial charge in [0.05, 0.1) is 0 Å². The van der Waals surface area contributed by atoms with Crippen LogP contribution in [0, 0.1) is 5.41 Å². The molecule has 0 amide bonds. The molecule has 1 aromatic carbocycles. The molecular formula is C17H26ClN. The van der Waals surface area contributed by atoms with Crippen LogP contribution in [0.1, 0.15) is 51.0 Å². The lowest BCUT2D eigenvalue weighted by Gasteiger charge is -2.38. The molecule has 1 aromatic rings. The van der Waals surface area contributed by atoms with Gasteiger partial charge in [0.25, 0.3) is 0 Å². The topological polar surface area (TPSA) is 12.0 Å². The fraction of sp³-hybridized carbons (Fsp3) is 0.647. The zero-order valence-electron chi connectivity index (χ0n) is 12.1. The summed E-state index contributed by atoms with van der Waals surface area (Å²) in [6, 6.07) is 8.43. The van der Waals surface area contributed by atoms with Gasteiger partial charge in [-0.1, -0.05) is 49.9 Å². The summed E-state index contributed by atoms with van der Waals surface area (Å²) < 4.78 is 0. The largest absolute Gasteiger partial charge is 0.316 e. The van der Waals surface area contributed by atoms with Gasteiger partial charge >= 0.3 is 0 Å². The molecule has 0 aliphatic heterocycles. The van der Waals surface area contributed by atoms with E-state index in [1.807, 2.05) is 12.1 Å². The van der Waals surface area contributed by atoms with Crippen molar-refractivity contribution in [1.29, 1.82) is 0 Å². The van der Waals surface area contributed by atoms with Gasteiger partial charge in [-0.15, -0.1) is 0 Å². The number of rotatable bonds is 6. The quantitative estimate of drug-likeness (QED) is 0.735. The van der Waals surface area contributed by atoms with Gasteiger partial charge in [-0.3, -0.25) is 0 Å². The van der Waals surface area contributed by atoms with Gasteiger partial charge in [-0.2, -0.15) is 0 Å². The number of halogens is 1. The van der Waals surface area contributed by atoms with E-state index in [-0.39, 0.29) is 0 Å². The Bertz CT molecular complexity index is 365. The average Bonchev–Trinajstić information content (AvgIpc) is 2.43. The van der Waals surface area contributed by atoms with Crippen LogP contribution in [0.3, 0.4) is 0 Å². The second-order valence-corrected chi connectivity index (χ2v) is 6.48. The van der Waals surface area contributed by atoms with Crippen molar-refractivity contribution in [3.05, 3.63) is 34.9 Å². The highest BCUT2D eigenvalue weighted by Crippen LogP contribution is 2.38. The van der Waals surface area contributed by atoms with E-state index in [1.165, 1.54) is 57.1 Å². The Labute approximate surface area is 122 Å². The van der Waals surface area contributed by atoms with E-state index in [1.54, 1.807) is 0 Å². The van der Waals surface area contributed by atoms with Gasteiger partial charge in [0.1, 0.15) is 0 Å². The highest BCUT2D eigenvalue weighted by molar-refractivity contribution is 6.30. The number of hydrogen-bond donors (Lipinski definition) is 1. The molecule has 0 unspecified atom stereocenters. The van der Waals surface area contributed by atoms with E-state index in [4.69, 9.17) is 11.6 Å². The first-order valence-corrected chi connectivity index (χ1v) is 8.07. The molecule has 0 atom stereocenters. The summed E-state index contributed by atoms with van der Waals surface area (Å²) in [5.41, 5.74) is 1.91. The van der Waals surface area contributed by atoms with E-state index in [9.17, 15) is 0 Å². The van der Waals surface area contributed by atoms with Gasteiger partial charge in [-0.25, -0.2) is 0 Å². The zero-order valence-corrected chi connectivity index (χ0v) is 12.8. The zero-order chi connectivity index (χ0) is 13.6. The second-order valence-electron chi connectivity index (χ2n) is 6.04. The second kappa shape index (κ2) is 7.31. The third-order valence-electron chi connectivity index (χ3n) is 4.33. The van der Waals surface area contributed by atoms with Crippen molar-refractivity contribution in [1.82, 2.24) is 5.32 Å². The smallest absolute Gasteiger partial charge is 0.0406 e. The lowest BCUT2D eigenvalue weighted by atomic mass is 9.70. The molecule has 1 aliphatic carbocycles. The minimum Gasteiger partial charge on any atom is -0.316 e. The van der Waals surface area contributed by atoms with E-state index in [0.29, 0.717) is 5.41 Å². The molecule has 106 valence electrons. The van der Waals surface area contributed by atoms with Crippen LogP contribution in [0.4, 0.5) is 0 Å². The molecule has 2 heteroatoms. The first-order valence-electron chi connectivity index (χ1n) is 7.69. The summed E-state index contributed by atoms with van der Waals surface area (Å²) in [7, 11) is 0. The average molecular weight is 280 g/mol. The number of hydrogen-bond acceptors (Lipinski definition) is 1. The highest BCUT2D eigenvalue weighted by atomic mass is 35.5. The molecule has 1 fully saturated rings. The van der Waals surface area contributed by atoms with Crippen molar-refractivity contribution >= 4 is 11.6 Å². The van der Waals surface area contributed by atoms with Crippen molar-refractivity contribution in [2.45, 2.75) is 51.9 Å². The minimum atomic E-state index is 0.473. The Hall–Kier alpha value is -0.530. The molecular weight excluding hydrogens is 254 g/mol. The molecule has 0 heterocycles. The van der Waals surface area contributed by atoms with Gasteiger partial charge in [0.15, 0.2) is 0 Å². The molecule has 0 bridgehead atoms. The molecule has 19 heavy (non-hydrogen) atoms. The van der Waals surface area contributed by atoms with Crippen LogP contribution in [0.5, 0.6) is 0 Å². The third-order valence-corrected chi connectivity index (χ3v) is 4.59. The fourth-order valence-corrected chi connectivity index (χ4v) is 3.41. The van der Waals surface area contributed by atoms with Crippen molar-refractivity contribution in [2.75, 3.05) is 13.1 Å². The molecule has 0 radical (unpaired) electrons. The van der Waals surface area contributed by atoms with Crippen molar-refractivity contribution < 1.29 is 0 Å². The van der Waals surface area contributed by atoms with E-state index < -0.39 is 0 Å². The monoisotopic (exact) mass is 279 g/mol. The minimum absolute atomic E-state index is 0.473. The first kappa shape index (κ1) is 14.9. The van der Waals surface area contributed by atoms with Crippen LogP contribution >= 0.6 is 11.6 Å². The lowest BCUT2D eigenvalue weighted by molar-refractivity contribution is 0.181. The molecule has 2 rings (SSSR count). The van der Waals surface area contributed by atoms with E-state index in [2.05, 4.69) is 24.4 Å². The SMILES string of the molecule is CCCNCC1(Cc2ccc(Cl)cc2)CCCCC1. The maximum atomic E-state index is 5.98. The predicted octanol–water partition coefficient (Wildman–Crippen LogP) is 4.83. The molecule has 0 saturated heterocycles. The Kier molecular flexibility index (Phi) is 5.72. The molecule has 1 N–H and O–H groups in total. The summed E-state index contributed by atoms with van der Waals surface area (Å²) in [6.07, 6.45) is 9.34. The fourth-order valence-electron chi connectivity index (χ4n) is 3.28. The van der Waals surface area contributed by atoms with Gasteiger partial charge in [0, 0.05) is 11.6 Å². The van der Waals surface area contributed by atoms with Crippen LogP contribution in [0.2, 0.25) is 5.02 Å². The molecule has 0 spiro atoms. The van der Waals surface area contributed by atoms with Crippen molar-refractivity contribution in [3.8, 4) is 0 Å². The normalized spacial score (nSPS) is 18.4. The van der Waals surface area contributed by atoms with Crippen LogP contribution in [0.25, 0.3) is 0 Å². The van der Waals surface area contributed by atoms with E-state index in [0.717, 1.165) is 11.6 Å². The molecule has 1 aliphatic rings. The molecule has 1 saturated carbocycles. The maximum absolute atomic E-state index is 5.98. The maximum Gasteiger partial charge on any atom is 0.0406 e. The standard InChI is InChI=1S/C17H26ClN/c1-2-12-19-14-17(10-4-3-5-11-17)13-15-6-8-16(18)9-7-15/h6-9,19H,2-5,10-14H2,1H3. The number of nitrogens with one attached hydrogen (secondary N) is 1. The summed E-state index contributed by atoms with van der Waals surface area (Å²) in [4.78, 5) is 0. The predicted molar refractivity (Wildman–Crippen MR) is 83.8 cm³/mol. The van der Waals surface area contributed by atoms with Crippen molar-refractivity contribution in [3.63, 3.8) is 0 Å². The van der Waals surface area contributed by atoms with Gasteiger partial charge < -0.3 is 5.32 Å². The van der Waals surface area contributed by atoms with Crippen LogP contribution < -0.4 is 5.32 Å². The summed E-state index contributed by atoms with van der Waals surface area (Å²) >= 11 is 5.98. The van der Waals surface area contributed by atoms with Gasteiger partial charge in [-0.05, 0) is 55.3 Å². The first-order chi connectivity index (χ1) is 9.24. The summed E-state index contributed by atoms with van der Waals surface area (Å²) in [5.74, 6) is 0. The third kappa shape index (κ3) is 4.50. The molecule has 0 aromatic heterocycles. The Morgan fingerprint density at radius 3 is 2.42 bits per heavy atom. The summed E-state index contributed by atoms with van der Waals surface area (Å²) in [5, 5.41) is 4.49. The summed E-state index contributed by atoms with van der Waals surface area (Å²) in [6.45, 7) is 4.55. The number of benzene rings is 1. The Morgan fingerprint density at radius 1 is 1.11 bits per heavy atom. The van der Waals surface area contributed by atoms with E-state index >= 15 is 0 Å². The Morgan fingerprint density at radius 2 is 1.79 bits per heavy atom. The molecule has 1 nitrogen and oxygen atoms in total.